The van der Waals surface area contributed by atoms with E-state index in [4.69, 9.17) is 5.10 Å². The van der Waals surface area contributed by atoms with Crippen LogP contribution in [0.3, 0.4) is 0 Å². The van der Waals surface area contributed by atoms with Crippen molar-refractivity contribution in [3.8, 4) is 0 Å². The molecule has 1 unspecified atom stereocenters. The fourth-order valence-corrected chi connectivity index (χ4v) is 3.15. The molecule has 0 spiro atoms. The van der Waals surface area contributed by atoms with Gasteiger partial charge in [-0.25, -0.2) is 0 Å². The van der Waals surface area contributed by atoms with Crippen molar-refractivity contribution in [2.45, 2.75) is 19.4 Å². The first-order valence-electron chi connectivity index (χ1n) is 7.68. The summed E-state index contributed by atoms with van der Waals surface area (Å²) in [5, 5.41) is 9.47. The molecule has 1 atom stereocenters. The topological polar surface area (TPSA) is 15.6 Å². The van der Waals surface area contributed by atoms with Crippen molar-refractivity contribution in [1.82, 2.24) is 0 Å². The van der Waals surface area contributed by atoms with Gasteiger partial charge in [0.25, 0.3) is 0 Å². The minimum Gasteiger partial charge on any atom is -0.258 e. The van der Waals surface area contributed by atoms with E-state index in [-0.39, 0.29) is 6.04 Å². The molecule has 108 valence electrons. The van der Waals surface area contributed by atoms with E-state index < -0.39 is 0 Å². The fraction of sp³-hybridized carbons (Fsp3) is 0.150. The summed E-state index contributed by atoms with van der Waals surface area (Å²) in [4.78, 5) is 0. The van der Waals surface area contributed by atoms with Gasteiger partial charge in [-0.3, -0.25) is 5.01 Å². The summed E-state index contributed by atoms with van der Waals surface area (Å²) in [5.41, 5.74) is 3.66. The summed E-state index contributed by atoms with van der Waals surface area (Å²) in [6, 6.07) is 26.0. The number of hydrogen-bond acceptors (Lipinski definition) is 2. The normalized spacial score (nSPS) is 17.8. The van der Waals surface area contributed by atoms with E-state index in [1.807, 2.05) is 6.07 Å². The summed E-state index contributed by atoms with van der Waals surface area (Å²) in [5.74, 6) is 0. The van der Waals surface area contributed by atoms with Crippen molar-refractivity contribution < 1.29 is 0 Å². The minimum absolute atomic E-state index is 0.284. The van der Waals surface area contributed by atoms with E-state index in [1.54, 1.807) is 0 Å². The molecule has 0 saturated carbocycles. The number of benzene rings is 3. The van der Waals surface area contributed by atoms with Crippen LogP contribution >= 0.6 is 0 Å². The van der Waals surface area contributed by atoms with Gasteiger partial charge in [0.05, 0.1) is 11.7 Å². The molecule has 0 bridgehead atoms. The van der Waals surface area contributed by atoms with E-state index in [0.29, 0.717) is 0 Å². The molecule has 0 N–H and O–H groups in total. The van der Waals surface area contributed by atoms with E-state index in [0.717, 1.165) is 12.1 Å². The summed E-state index contributed by atoms with van der Waals surface area (Å²) < 4.78 is 0. The Balaban J connectivity index is 1.76. The second-order valence-corrected chi connectivity index (χ2v) is 5.84. The molecule has 0 radical (unpaired) electrons. The van der Waals surface area contributed by atoms with Crippen LogP contribution in [0.25, 0.3) is 10.8 Å². The van der Waals surface area contributed by atoms with Crippen molar-refractivity contribution in [3.05, 3.63) is 78.4 Å². The first-order valence-corrected chi connectivity index (χ1v) is 7.68. The second kappa shape index (κ2) is 5.30. The van der Waals surface area contributed by atoms with Gasteiger partial charge in [-0.1, -0.05) is 54.6 Å². The Kier molecular flexibility index (Phi) is 3.15. The predicted octanol–water partition coefficient (Wildman–Crippen LogP) is 5.17. The van der Waals surface area contributed by atoms with Crippen molar-refractivity contribution in [1.29, 1.82) is 0 Å². The number of para-hydroxylation sites is 1. The molecule has 4 rings (SSSR count). The molecular formula is C20H18N2. The largest absolute Gasteiger partial charge is 0.258 e. The first-order chi connectivity index (χ1) is 10.8. The molecule has 0 fully saturated rings. The monoisotopic (exact) mass is 286 g/mol. The Morgan fingerprint density at radius 1 is 0.864 bits per heavy atom. The van der Waals surface area contributed by atoms with Crippen LogP contribution in [0.1, 0.15) is 24.9 Å². The summed E-state index contributed by atoms with van der Waals surface area (Å²) >= 11 is 0. The minimum atomic E-state index is 0.284. The van der Waals surface area contributed by atoms with E-state index >= 15 is 0 Å². The third-order valence-corrected chi connectivity index (χ3v) is 4.24. The van der Waals surface area contributed by atoms with Gasteiger partial charge in [-0.05, 0) is 41.5 Å². The van der Waals surface area contributed by atoms with Crippen LogP contribution in [0.15, 0.2) is 77.9 Å². The molecule has 1 aliphatic rings. The summed E-state index contributed by atoms with van der Waals surface area (Å²) in [7, 11) is 0. The van der Waals surface area contributed by atoms with Gasteiger partial charge in [0.1, 0.15) is 0 Å². The van der Waals surface area contributed by atoms with Crippen LogP contribution in [-0.4, -0.2) is 5.71 Å². The lowest BCUT2D eigenvalue weighted by molar-refractivity contribution is 0.710. The lowest BCUT2D eigenvalue weighted by Crippen LogP contribution is -2.18. The molecule has 2 nitrogen and oxygen atoms in total. The maximum atomic E-state index is 4.75. The maximum absolute atomic E-state index is 4.75. The number of hydrogen-bond donors (Lipinski definition) is 0. The van der Waals surface area contributed by atoms with Gasteiger partial charge >= 0.3 is 0 Å². The Hall–Kier alpha value is -2.61. The van der Waals surface area contributed by atoms with Gasteiger partial charge in [0.2, 0.25) is 0 Å². The Morgan fingerprint density at radius 2 is 1.59 bits per heavy atom. The summed E-state index contributed by atoms with van der Waals surface area (Å²) in [6.07, 6.45) is 0.979. The first kappa shape index (κ1) is 13.1. The molecule has 3 aromatic carbocycles. The van der Waals surface area contributed by atoms with Gasteiger partial charge in [0, 0.05) is 12.1 Å². The Labute approximate surface area is 130 Å². The van der Waals surface area contributed by atoms with E-state index in [1.165, 1.54) is 22.0 Å². The zero-order valence-electron chi connectivity index (χ0n) is 12.6. The van der Waals surface area contributed by atoms with Crippen LogP contribution in [0.5, 0.6) is 0 Å². The molecule has 0 aromatic heterocycles. The molecule has 0 amide bonds. The number of rotatable bonds is 2. The Morgan fingerprint density at radius 3 is 2.41 bits per heavy atom. The number of nitrogens with zero attached hydrogens (tertiary/aromatic N) is 2. The van der Waals surface area contributed by atoms with Crippen molar-refractivity contribution in [2.75, 3.05) is 5.01 Å². The average Bonchev–Trinajstić information content (AvgIpc) is 2.97. The molecule has 1 heterocycles. The van der Waals surface area contributed by atoms with Crippen molar-refractivity contribution in [3.63, 3.8) is 0 Å². The second-order valence-electron chi connectivity index (χ2n) is 5.84. The van der Waals surface area contributed by atoms with E-state index in [2.05, 4.69) is 78.7 Å². The van der Waals surface area contributed by atoms with Crippen LogP contribution in [0.4, 0.5) is 5.69 Å². The fourth-order valence-electron chi connectivity index (χ4n) is 3.15. The quantitative estimate of drug-likeness (QED) is 0.634. The number of fused-ring (bicyclic) bond motifs is 1. The van der Waals surface area contributed by atoms with Crippen LogP contribution < -0.4 is 5.01 Å². The molecule has 0 aliphatic carbocycles. The molecule has 0 saturated heterocycles. The zero-order chi connectivity index (χ0) is 14.9. The SMILES string of the molecule is CC1=NN(c2ccccc2)C(c2ccc3ccccc3c2)C1. The van der Waals surface area contributed by atoms with E-state index in [9.17, 15) is 0 Å². The number of anilines is 1. The molecule has 1 aliphatic heterocycles. The van der Waals surface area contributed by atoms with Crippen LogP contribution in [0.2, 0.25) is 0 Å². The standard InChI is InChI=1S/C20H18N2/c1-15-13-20(22(21-15)19-9-3-2-4-10-19)18-12-11-16-7-5-6-8-17(16)14-18/h2-12,14,20H,13H2,1H3. The zero-order valence-corrected chi connectivity index (χ0v) is 12.6. The highest BCUT2D eigenvalue weighted by atomic mass is 15.5. The van der Waals surface area contributed by atoms with Crippen LogP contribution in [0, 0.1) is 0 Å². The molecular weight excluding hydrogens is 268 g/mol. The highest BCUT2D eigenvalue weighted by Crippen LogP contribution is 2.35. The maximum Gasteiger partial charge on any atom is 0.0828 e. The van der Waals surface area contributed by atoms with Gasteiger partial charge in [-0.2, -0.15) is 5.10 Å². The molecule has 22 heavy (non-hydrogen) atoms. The average molecular weight is 286 g/mol. The van der Waals surface area contributed by atoms with Gasteiger partial charge in [0.15, 0.2) is 0 Å². The Bertz CT molecular complexity index is 836. The molecule has 3 aromatic rings. The third kappa shape index (κ3) is 2.27. The van der Waals surface area contributed by atoms with Gasteiger partial charge in [-0.15, -0.1) is 0 Å². The molecule has 2 heteroatoms. The third-order valence-electron chi connectivity index (χ3n) is 4.24. The van der Waals surface area contributed by atoms with Crippen LogP contribution in [-0.2, 0) is 0 Å². The highest BCUT2D eigenvalue weighted by Gasteiger charge is 2.27. The highest BCUT2D eigenvalue weighted by molar-refractivity contribution is 5.88. The van der Waals surface area contributed by atoms with Crippen molar-refractivity contribution in [2.24, 2.45) is 5.10 Å². The number of hydrazone groups is 1. The smallest absolute Gasteiger partial charge is 0.0828 e. The summed E-state index contributed by atoms with van der Waals surface area (Å²) in [6.45, 7) is 2.11. The lowest BCUT2D eigenvalue weighted by Gasteiger charge is -2.24. The predicted molar refractivity (Wildman–Crippen MR) is 93.3 cm³/mol. The van der Waals surface area contributed by atoms with Gasteiger partial charge < -0.3 is 0 Å². The lowest BCUT2D eigenvalue weighted by atomic mass is 9.98. The van der Waals surface area contributed by atoms with Crippen molar-refractivity contribution >= 4 is 22.2 Å².